The second-order valence-corrected chi connectivity index (χ2v) is 8.97. The standard InChI is InChI=1S/C28H33N5O3/c1-4-16-34-21-23-19-24(7-8-26(23)35-18-6-15-33-13-2-3-14-33)31-28-30-12-10-25(32-28)22-9-11-29-27(20-22)36-17-5-1/h1,4,7-12,19-20H,2-3,5-6,13-18,21H2,(H,30,31,32). The second kappa shape index (κ2) is 12.5. The molecule has 1 aromatic carbocycles. The average Bonchev–Trinajstić information content (AvgIpc) is 3.43. The third-order valence-electron chi connectivity index (χ3n) is 6.25. The normalized spacial score (nSPS) is 16.4. The largest absolute Gasteiger partial charge is 0.493 e. The van der Waals surface area contributed by atoms with E-state index in [0.717, 1.165) is 47.6 Å². The van der Waals surface area contributed by atoms with E-state index >= 15 is 0 Å². The Morgan fingerprint density at radius 1 is 1.00 bits per heavy atom. The molecular formula is C28H33N5O3. The molecule has 1 saturated heterocycles. The molecule has 188 valence electrons. The fourth-order valence-corrected chi connectivity index (χ4v) is 4.40. The maximum absolute atomic E-state index is 6.18. The summed E-state index contributed by atoms with van der Waals surface area (Å²) < 4.78 is 17.9. The molecule has 2 aromatic heterocycles. The molecule has 0 amide bonds. The fourth-order valence-electron chi connectivity index (χ4n) is 4.40. The zero-order valence-electron chi connectivity index (χ0n) is 20.6. The number of hydrogen-bond donors (Lipinski definition) is 1. The zero-order chi connectivity index (χ0) is 24.4. The highest BCUT2D eigenvalue weighted by Gasteiger charge is 2.12. The van der Waals surface area contributed by atoms with Gasteiger partial charge in [0.1, 0.15) is 5.75 Å². The molecule has 3 aromatic rings. The zero-order valence-corrected chi connectivity index (χ0v) is 20.6. The Morgan fingerprint density at radius 3 is 2.86 bits per heavy atom. The van der Waals surface area contributed by atoms with Crippen LogP contribution in [0.25, 0.3) is 11.3 Å². The number of fused-ring (bicyclic) bond motifs is 7. The summed E-state index contributed by atoms with van der Waals surface area (Å²) >= 11 is 0. The minimum atomic E-state index is 0.452. The fraction of sp³-hybridized carbons (Fsp3) is 0.393. The van der Waals surface area contributed by atoms with E-state index in [2.05, 4.69) is 32.3 Å². The summed E-state index contributed by atoms with van der Waals surface area (Å²) in [5.41, 5.74) is 3.59. The van der Waals surface area contributed by atoms with Gasteiger partial charge in [-0.3, -0.25) is 0 Å². The van der Waals surface area contributed by atoms with Gasteiger partial charge in [-0.2, -0.15) is 0 Å². The van der Waals surface area contributed by atoms with Gasteiger partial charge in [-0.25, -0.2) is 15.0 Å². The molecule has 6 bridgehead atoms. The SMILES string of the molecule is C1=CCOCc2cc(ccc2OCCCN2CCCC2)Nc2nccc(n2)-c2ccnc(c2)OCC1. The van der Waals surface area contributed by atoms with Crippen LogP contribution in [0.5, 0.6) is 11.6 Å². The molecule has 0 unspecified atom stereocenters. The van der Waals surface area contributed by atoms with Crippen LogP contribution in [0, 0.1) is 0 Å². The van der Waals surface area contributed by atoms with Gasteiger partial charge in [0.15, 0.2) is 0 Å². The highest BCUT2D eigenvalue weighted by atomic mass is 16.5. The van der Waals surface area contributed by atoms with Crippen LogP contribution in [0.1, 0.15) is 31.2 Å². The van der Waals surface area contributed by atoms with Crippen LogP contribution in [-0.4, -0.2) is 59.3 Å². The van der Waals surface area contributed by atoms with E-state index < -0.39 is 0 Å². The second-order valence-electron chi connectivity index (χ2n) is 8.97. The van der Waals surface area contributed by atoms with E-state index in [1.807, 2.05) is 36.4 Å². The van der Waals surface area contributed by atoms with E-state index in [0.29, 0.717) is 38.3 Å². The van der Waals surface area contributed by atoms with Crippen molar-refractivity contribution in [1.82, 2.24) is 19.9 Å². The Morgan fingerprint density at radius 2 is 1.92 bits per heavy atom. The lowest BCUT2D eigenvalue weighted by Crippen LogP contribution is -2.22. The highest BCUT2D eigenvalue weighted by Crippen LogP contribution is 2.27. The molecule has 4 heterocycles. The number of likely N-dealkylation sites (tertiary alicyclic amines) is 1. The van der Waals surface area contributed by atoms with E-state index in [9.17, 15) is 0 Å². The number of benzene rings is 1. The third kappa shape index (κ3) is 6.80. The monoisotopic (exact) mass is 487 g/mol. The number of aromatic nitrogens is 3. The maximum Gasteiger partial charge on any atom is 0.227 e. The first-order valence-corrected chi connectivity index (χ1v) is 12.7. The van der Waals surface area contributed by atoms with Crippen molar-refractivity contribution < 1.29 is 14.2 Å². The summed E-state index contributed by atoms with van der Waals surface area (Å²) in [6.45, 7) is 5.72. The lowest BCUT2D eigenvalue weighted by atomic mass is 10.2. The van der Waals surface area contributed by atoms with Gasteiger partial charge in [0, 0.05) is 41.8 Å². The number of pyridine rings is 1. The van der Waals surface area contributed by atoms with Gasteiger partial charge in [0.25, 0.3) is 0 Å². The summed E-state index contributed by atoms with van der Waals surface area (Å²) in [7, 11) is 0. The quantitative estimate of drug-likeness (QED) is 0.398. The van der Waals surface area contributed by atoms with Gasteiger partial charge in [-0.15, -0.1) is 0 Å². The van der Waals surface area contributed by atoms with Gasteiger partial charge in [0.2, 0.25) is 11.8 Å². The molecule has 0 saturated carbocycles. The number of hydrogen-bond acceptors (Lipinski definition) is 8. The van der Waals surface area contributed by atoms with Crippen molar-refractivity contribution in [3.05, 3.63) is 66.5 Å². The van der Waals surface area contributed by atoms with Gasteiger partial charge in [0.05, 0.1) is 32.1 Å². The summed E-state index contributed by atoms with van der Waals surface area (Å²) in [4.78, 5) is 15.9. The lowest BCUT2D eigenvalue weighted by Gasteiger charge is -2.16. The molecule has 0 spiro atoms. The van der Waals surface area contributed by atoms with Crippen molar-refractivity contribution in [2.24, 2.45) is 0 Å². The van der Waals surface area contributed by atoms with E-state index in [-0.39, 0.29) is 0 Å². The first-order valence-electron chi connectivity index (χ1n) is 12.7. The van der Waals surface area contributed by atoms with Gasteiger partial charge in [-0.05, 0) is 69.1 Å². The first-order chi connectivity index (χ1) is 17.8. The van der Waals surface area contributed by atoms with Crippen LogP contribution in [0.4, 0.5) is 11.6 Å². The predicted octanol–water partition coefficient (Wildman–Crippen LogP) is 5.00. The topological polar surface area (TPSA) is 81.6 Å². The van der Waals surface area contributed by atoms with Crippen LogP contribution in [0.2, 0.25) is 0 Å². The summed E-state index contributed by atoms with van der Waals surface area (Å²) in [5.74, 6) is 1.95. The van der Waals surface area contributed by atoms with Crippen LogP contribution < -0.4 is 14.8 Å². The Labute approximate surface area is 212 Å². The van der Waals surface area contributed by atoms with E-state index in [1.54, 1.807) is 12.4 Å². The van der Waals surface area contributed by atoms with E-state index in [1.165, 1.54) is 25.9 Å². The summed E-state index contributed by atoms with van der Waals surface area (Å²) in [5, 5.41) is 3.33. The molecule has 0 radical (unpaired) electrons. The van der Waals surface area contributed by atoms with Gasteiger partial charge in [-0.1, -0.05) is 12.2 Å². The molecule has 1 fully saturated rings. The molecule has 36 heavy (non-hydrogen) atoms. The first kappa shape index (κ1) is 24.2. The smallest absolute Gasteiger partial charge is 0.227 e. The van der Waals surface area contributed by atoms with Crippen molar-refractivity contribution >= 4 is 11.6 Å². The third-order valence-corrected chi connectivity index (χ3v) is 6.25. The van der Waals surface area contributed by atoms with Crippen molar-refractivity contribution in [3.8, 4) is 22.9 Å². The molecule has 0 aliphatic carbocycles. The molecule has 8 nitrogen and oxygen atoms in total. The van der Waals surface area contributed by atoms with Gasteiger partial charge < -0.3 is 24.4 Å². The average molecular weight is 488 g/mol. The summed E-state index contributed by atoms with van der Waals surface area (Å²) in [6, 6.07) is 11.7. The minimum absolute atomic E-state index is 0.452. The molecule has 0 atom stereocenters. The number of anilines is 2. The Bertz CT molecular complexity index is 1160. The van der Waals surface area contributed by atoms with Crippen molar-refractivity contribution in [1.29, 1.82) is 0 Å². The van der Waals surface area contributed by atoms with Crippen LogP contribution in [0.3, 0.4) is 0 Å². The Kier molecular flexibility index (Phi) is 8.38. The number of ether oxygens (including phenoxy) is 3. The highest BCUT2D eigenvalue weighted by molar-refractivity contribution is 5.63. The predicted molar refractivity (Wildman–Crippen MR) is 140 cm³/mol. The molecular weight excluding hydrogens is 454 g/mol. The van der Waals surface area contributed by atoms with Crippen molar-refractivity contribution in [2.75, 3.05) is 44.8 Å². The van der Waals surface area contributed by atoms with Crippen LogP contribution in [-0.2, 0) is 11.3 Å². The molecule has 2 aliphatic heterocycles. The number of nitrogens with one attached hydrogen (secondary N) is 1. The van der Waals surface area contributed by atoms with Gasteiger partial charge >= 0.3 is 0 Å². The lowest BCUT2D eigenvalue weighted by molar-refractivity contribution is 0.144. The Hall–Kier alpha value is -3.49. The molecule has 5 rings (SSSR count). The van der Waals surface area contributed by atoms with Crippen molar-refractivity contribution in [3.63, 3.8) is 0 Å². The van der Waals surface area contributed by atoms with Crippen LogP contribution >= 0.6 is 0 Å². The molecule has 1 N–H and O–H groups in total. The minimum Gasteiger partial charge on any atom is -0.493 e. The number of nitrogens with zero attached hydrogens (tertiary/aromatic N) is 4. The van der Waals surface area contributed by atoms with E-state index in [4.69, 9.17) is 19.2 Å². The molecule has 2 aliphatic rings. The molecule has 8 heteroatoms. The Balaban J connectivity index is 1.33. The number of rotatable bonds is 5. The summed E-state index contributed by atoms with van der Waals surface area (Å²) in [6.07, 6.45) is 12.0. The maximum atomic E-state index is 6.18. The van der Waals surface area contributed by atoms with Crippen LogP contribution in [0.15, 0.2) is 60.9 Å². The van der Waals surface area contributed by atoms with Crippen molar-refractivity contribution in [2.45, 2.75) is 32.3 Å².